The molecule has 74 heavy (non-hydrogen) atoms. The molecule has 0 aromatic heterocycles. The lowest BCUT2D eigenvalue weighted by atomic mass is 10.1. The van der Waals surface area contributed by atoms with Crippen molar-refractivity contribution in [2.45, 2.75) is 239 Å². The number of carbonyl (C=O) groups excluding carboxylic acids is 3. The summed E-state index contributed by atoms with van der Waals surface area (Å²) >= 11 is 0. The monoisotopic (exact) mass is 1020 g/mol. The Balaban J connectivity index is 4.57. The van der Waals surface area contributed by atoms with E-state index in [9.17, 15) is 14.4 Å². The van der Waals surface area contributed by atoms with E-state index in [0.29, 0.717) is 19.3 Å². The van der Waals surface area contributed by atoms with Crippen molar-refractivity contribution in [2.24, 2.45) is 0 Å². The van der Waals surface area contributed by atoms with Gasteiger partial charge in [0.25, 0.3) is 0 Å². The fourth-order valence-electron chi connectivity index (χ4n) is 7.41. The number of esters is 3. The Kier molecular flexibility index (Phi) is 56.5. The highest BCUT2D eigenvalue weighted by atomic mass is 16.6. The van der Waals surface area contributed by atoms with Crippen molar-refractivity contribution in [1.29, 1.82) is 0 Å². The van der Waals surface area contributed by atoms with E-state index in [1.165, 1.54) is 44.9 Å². The Labute approximate surface area is 454 Å². The highest BCUT2D eigenvalue weighted by molar-refractivity contribution is 5.71. The molecule has 0 saturated heterocycles. The number of allylic oxidation sites excluding steroid dienone is 26. The minimum atomic E-state index is -0.841. The van der Waals surface area contributed by atoms with Gasteiger partial charge in [-0.15, -0.1) is 0 Å². The van der Waals surface area contributed by atoms with Gasteiger partial charge in [0.15, 0.2) is 6.10 Å². The molecule has 0 spiro atoms. The van der Waals surface area contributed by atoms with Crippen LogP contribution in [0.5, 0.6) is 0 Å². The largest absolute Gasteiger partial charge is 0.462 e. The van der Waals surface area contributed by atoms with Gasteiger partial charge in [0, 0.05) is 19.3 Å². The number of ether oxygens (including phenoxy) is 3. The molecule has 0 heterocycles. The molecule has 0 aliphatic rings. The summed E-state index contributed by atoms with van der Waals surface area (Å²) in [5.41, 5.74) is 0. The van der Waals surface area contributed by atoms with Crippen LogP contribution in [0, 0.1) is 0 Å². The predicted molar refractivity (Wildman–Crippen MR) is 320 cm³/mol. The fraction of sp³-hybridized carbons (Fsp3) is 0.574. The lowest BCUT2D eigenvalue weighted by molar-refractivity contribution is -0.166. The van der Waals surface area contributed by atoms with Gasteiger partial charge in [-0.2, -0.15) is 0 Å². The third-order valence-corrected chi connectivity index (χ3v) is 11.8. The van der Waals surface area contributed by atoms with E-state index in [-0.39, 0.29) is 31.6 Å². The van der Waals surface area contributed by atoms with Crippen LogP contribution in [0.25, 0.3) is 0 Å². The number of unbranched alkanes of at least 4 members (excludes halogenated alkanes) is 14. The van der Waals surface area contributed by atoms with Crippen LogP contribution in [-0.2, 0) is 28.6 Å². The quantitative estimate of drug-likeness (QED) is 0.0261. The van der Waals surface area contributed by atoms with Gasteiger partial charge in [0.1, 0.15) is 13.2 Å². The molecule has 0 bridgehead atoms. The zero-order chi connectivity index (χ0) is 53.6. The number of hydrogen-bond donors (Lipinski definition) is 0. The van der Waals surface area contributed by atoms with E-state index >= 15 is 0 Å². The van der Waals surface area contributed by atoms with Crippen molar-refractivity contribution in [3.63, 3.8) is 0 Å². The molecule has 0 rings (SSSR count). The van der Waals surface area contributed by atoms with E-state index in [0.717, 1.165) is 141 Å². The van der Waals surface area contributed by atoms with Crippen LogP contribution in [0.1, 0.15) is 233 Å². The van der Waals surface area contributed by atoms with Gasteiger partial charge < -0.3 is 14.2 Å². The topological polar surface area (TPSA) is 78.9 Å². The second-order valence-corrected chi connectivity index (χ2v) is 18.8. The molecule has 0 aliphatic heterocycles. The Morgan fingerprint density at radius 3 is 0.892 bits per heavy atom. The van der Waals surface area contributed by atoms with Gasteiger partial charge in [0.2, 0.25) is 0 Å². The lowest BCUT2D eigenvalue weighted by Gasteiger charge is -2.18. The molecule has 6 nitrogen and oxygen atoms in total. The van der Waals surface area contributed by atoms with Gasteiger partial charge in [-0.25, -0.2) is 0 Å². The Bertz CT molecular complexity index is 1690. The number of carbonyl (C=O) groups is 3. The first-order chi connectivity index (χ1) is 36.5. The highest BCUT2D eigenvalue weighted by Crippen LogP contribution is 2.12. The molecular formula is C68H106O6. The zero-order valence-electron chi connectivity index (χ0n) is 47.3. The SMILES string of the molecule is CC/C=C\C/C=C\C/C=C\C/C=C\C/C=C\C/C=C\CCCCCCC(=O)OCC(COC(=O)CCCCCCC/C=C\CCCCCCC)OC(=O)CC/C=C\C/C=C\C/C=C\C/C=C\C/C=C\C/C=C\CC. The van der Waals surface area contributed by atoms with E-state index in [4.69, 9.17) is 14.2 Å². The van der Waals surface area contributed by atoms with E-state index in [1.54, 1.807) is 0 Å². The first-order valence-electron chi connectivity index (χ1n) is 29.5. The Morgan fingerprint density at radius 2 is 0.554 bits per heavy atom. The average Bonchev–Trinajstić information content (AvgIpc) is 3.40. The summed E-state index contributed by atoms with van der Waals surface area (Å²) in [6.07, 6.45) is 88.1. The molecule has 0 N–H and O–H groups in total. The van der Waals surface area contributed by atoms with Crippen molar-refractivity contribution >= 4 is 17.9 Å². The third kappa shape index (κ3) is 57.9. The van der Waals surface area contributed by atoms with Gasteiger partial charge in [-0.3, -0.25) is 14.4 Å². The van der Waals surface area contributed by atoms with E-state index in [2.05, 4.69) is 167 Å². The predicted octanol–water partition coefficient (Wildman–Crippen LogP) is 20.1. The molecule has 0 aromatic carbocycles. The summed E-state index contributed by atoms with van der Waals surface area (Å²) in [5, 5.41) is 0. The van der Waals surface area contributed by atoms with Crippen molar-refractivity contribution in [2.75, 3.05) is 13.2 Å². The van der Waals surface area contributed by atoms with Crippen LogP contribution in [-0.4, -0.2) is 37.2 Å². The Hall–Kier alpha value is -4.97. The molecule has 6 heteroatoms. The minimum Gasteiger partial charge on any atom is -0.462 e. The third-order valence-electron chi connectivity index (χ3n) is 11.8. The smallest absolute Gasteiger partial charge is 0.306 e. The summed E-state index contributed by atoms with van der Waals surface area (Å²) in [5.74, 6) is -1.05. The Morgan fingerprint density at radius 1 is 0.284 bits per heavy atom. The molecule has 0 aromatic rings. The molecule has 0 aliphatic carbocycles. The first-order valence-corrected chi connectivity index (χ1v) is 29.5. The summed E-state index contributed by atoms with van der Waals surface area (Å²) in [4.78, 5) is 38.2. The molecule has 0 amide bonds. The van der Waals surface area contributed by atoms with Crippen LogP contribution >= 0.6 is 0 Å². The van der Waals surface area contributed by atoms with Crippen molar-refractivity contribution in [1.82, 2.24) is 0 Å². The molecule has 0 radical (unpaired) electrons. The van der Waals surface area contributed by atoms with Crippen molar-refractivity contribution in [3.8, 4) is 0 Å². The minimum absolute atomic E-state index is 0.128. The van der Waals surface area contributed by atoms with Gasteiger partial charge in [-0.1, -0.05) is 237 Å². The summed E-state index contributed by atoms with van der Waals surface area (Å²) in [6, 6.07) is 0. The summed E-state index contributed by atoms with van der Waals surface area (Å²) in [7, 11) is 0. The standard InChI is InChI=1S/C68H106O6/c1-4-7-10-13-16-19-22-25-28-30-32-33-34-35-37-38-40-43-46-49-52-55-58-61-67(70)73-64-65(63-72-66(69)60-57-54-51-48-45-42-27-24-21-18-15-12-9-6-3)74-68(71)62-59-56-53-50-47-44-41-39-36-31-29-26-23-20-17-14-11-8-5-2/h7-8,10-11,16-17,19-20,24-29,32-33,35-37,39-40,43-44,47,53,56,65H,4-6,9,12-15,18,21-23,30-31,34,38,41-42,45-46,48-52,54-55,57-64H2,1-3H3/b10-7-,11-8-,19-16-,20-17-,27-24-,28-25-,29-26-,33-32-,37-35-,39-36-,43-40-,47-44-,56-53-. The zero-order valence-corrected chi connectivity index (χ0v) is 47.3. The van der Waals surface area contributed by atoms with Crippen molar-refractivity contribution < 1.29 is 28.6 Å². The second-order valence-electron chi connectivity index (χ2n) is 18.8. The van der Waals surface area contributed by atoms with Crippen LogP contribution in [0.4, 0.5) is 0 Å². The first kappa shape index (κ1) is 69.0. The normalized spacial score (nSPS) is 13.3. The highest BCUT2D eigenvalue weighted by Gasteiger charge is 2.19. The van der Waals surface area contributed by atoms with E-state index in [1.807, 2.05) is 12.2 Å². The van der Waals surface area contributed by atoms with Gasteiger partial charge >= 0.3 is 17.9 Å². The number of hydrogen-bond acceptors (Lipinski definition) is 6. The average molecular weight is 1020 g/mol. The van der Waals surface area contributed by atoms with Gasteiger partial charge in [0.05, 0.1) is 0 Å². The number of rotatable bonds is 51. The fourth-order valence-corrected chi connectivity index (χ4v) is 7.41. The maximum Gasteiger partial charge on any atom is 0.306 e. The molecule has 414 valence electrons. The summed E-state index contributed by atoms with van der Waals surface area (Å²) in [6.45, 7) is 6.30. The van der Waals surface area contributed by atoms with Crippen LogP contribution in [0.15, 0.2) is 158 Å². The molecule has 1 unspecified atom stereocenters. The summed E-state index contributed by atoms with van der Waals surface area (Å²) < 4.78 is 16.8. The lowest BCUT2D eigenvalue weighted by Crippen LogP contribution is -2.30. The van der Waals surface area contributed by atoms with E-state index < -0.39 is 12.1 Å². The van der Waals surface area contributed by atoms with Gasteiger partial charge in [-0.05, 0) is 135 Å². The maximum atomic E-state index is 12.8. The van der Waals surface area contributed by atoms with Crippen LogP contribution < -0.4 is 0 Å². The van der Waals surface area contributed by atoms with Crippen molar-refractivity contribution in [3.05, 3.63) is 158 Å². The maximum absolute atomic E-state index is 12.8. The van der Waals surface area contributed by atoms with Crippen LogP contribution in [0.2, 0.25) is 0 Å². The molecule has 0 saturated carbocycles. The second kappa shape index (κ2) is 60.6. The molecule has 0 fully saturated rings. The molecular weight excluding hydrogens is 913 g/mol. The van der Waals surface area contributed by atoms with Crippen LogP contribution in [0.3, 0.4) is 0 Å². The molecule has 1 atom stereocenters.